The molecule has 0 bridgehead atoms. The van der Waals surface area contributed by atoms with Crippen molar-refractivity contribution < 1.29 is 9.84 Å². The van der Waals surface area contributed by atoms with E-state index in [9.17, 15) is 5.11 Å². The van der Waals surface area contributed by atoms with Gasteiger partial charge in [-0.1, -0.05) is 6.42 Å². The second-order valence-corrected chi connectivity index (χ2v) is 4.69. The predicted molar refractivity (Wildman–Crippen MR) is 65.6 cm³/mol. The van der Waals surface area contributed by atoms with Crippen LogP contribution in [0.1, 0.15) is 26.2 Å². The Morgan fingerprint density at radius 3 is 3.00 bits per heavy atom. The molecule has 0 amide bonds. The molecule has 1 aliphatic rings. The Labute approximate surface area is 99.0 Å². The van der Waals surface area contributed by atoms with Gasteiger partial charge in [-0.3, -0.25) is 4.90 Å². The molecular weight excluding hydrogens is 204 g/mol. The largest absolute Gasteiger partial charge is 0.392 e. The van der Waals surface area contributed by atoms with E-state index in [4.69, 9.17) is 4.74 Å². The van der Waals surface area contributed by atoms with Crippen LogP contribution in [0.4, 0.5) is 0 Å². The fraction of sp³-hybridized carbons (Fsp3) is 1.00. The lowest BCUT2D eigenvalue weighted by atomic mass is 10.0. The summed E-state index contributed by atoms with van der Waals surface area (Å²) in [5.74, 6) is 0. The van der Waals surface area contributed by atoms with E-state index in [2.05, 4.69) is 10.2 Å². The number of methoxy groups -OCH3 is 1. The second-order valence-electron chi connectivity index (χ2n) is 4.69. The van der Waals surface area contributed by atoms with Crippen molar-refractivity contribution in [1.29, 1.82) is 0 Å². The Morgan fingerprint density at radius 1 is 1.50 bits per heavy atom. The molecule has 1 rings (SSSR count). The third-order valence-corrected chi connectivity index (χ3v) is 3.11. The number of piperidine rings is 1. The van der Waals surface area contributed by atoms with Crippen LogP contribution in [0.2, 0.25) is 0 Å². The third-order valence-electron chi connectivity index (χ3n) is 3.11. The average Bonchev–Trinajstić information content (AvgIpc) is 2.26. The van der Waals surface area contributed by atoms with E-state index in [0.717, 1.165) is 32.8 Å². The minimum atomic E-state index is -0.223. The lowest BCUT2D eigenvalue weighted by Crippen LogP contribution is -2.48. The van der Waals surface area contributed by atoms with Crippen LogP contribution in [0.3, 0.4) is 0 Å². The average molecular weight is 230 g/mol. The molecule has 16 heavy (non-hydrogen) atoms. The lowest BCUT2D eigenvalue weighted by Gasteiger charge is -2.36. The molecule has 4 nitrogen and oxygen atoms in total. The number of rotatable bonds is 7. The molecule has 2 atom stereocenters. The molecule has 0 aromatic heterocycles. The summed E-state index contributed by atoms with van der Waals surface area (Å²) in [4.78, 5) is 2.41. The molecule has 1 saturated heterocycles. The standard InChI is InChI=1S/C12H26N2O2/c1-11(15)10-14-7-4-3-5-12(14)9-13-6-8-16-2/h11-13,15H,3-10H2,1-2H3. The monoisotopic (exact) mass is 230 g/mol. The van der Waals surface area contributed by atoms with Gasteiger partial charge in [-0.2, -0.15) is 0 Å². The number of β-amino-alcohol motifs (C(OH)–C–C–N with tert-alkyl or cyclic N) is 1. The number of nitrogens with one attached hydrogen (secondary N) is 1. The first-order valence-corrected chi connectivity index (χ1v) is 6.35. The normalized spacial score (nSPS) is 24.6. The molecule has 0 saturated carbocycles. The van der Waals surface area contributed by atoms with E-state index in [1.54, 1.807) is 7.11 Å². The van der Waals surface area contributed by atoms with Gasteiger partial charge in [0.15, 0.2) is 0 Å². The summed E-state index contributed by atoms with van der Waals surface area (Å²) in [6.45, 7) is 6.48. The molecule has 2 unspecified atom stereocenters. The van der Waals surface area contributed by atoms with Gasteiger partial charge in [-0.05, 0) is 26.3 Å². The number of ether oxygens (including phenoxy) is 1. The van der Waals surface area contributed by atoms with Crippen molar-refractivity contribution in [3.63, 3.8) is 0 Å². The van der Waals surface area contributed by atoms with Crippen molar-refractivity contribution >= 4 is 0 Å². The van der Waals surface area contributed by atoms with Gasteiger partial charge in [0.05, 0.1) is 12.7 Å². The topological polar surface area (TPSA) is 44.7 Å². The van der Waals surface area contributed by atoms with Crippen molar-refractivity contribution in [2.75, 3.05) is 39.9 Å². The number of nitrogens with zero attached hydrogens (tertiary/aromatic N) is 1. The predicted octanol–water partition coefficient (Wildman–Crippen LogP) is 0.458. The number of hydrogen-bond acceptors (Lipinski definition) is 4. The molecule has 0 spiro atoms. The van der Waals surface area contributed by atoms with E-state index in [1.807, 2.05) is 6.92 Å². The molecule has 0 aromatic rings. The van der Waals surface area contributed by atoms with E-state index in [-0.39, 0.29) is 6.10 Å². The smallest absolute Gasteiger partial charge is 0.0639 e. The number of hydrogen-bond donors (Lipinski definition) is 2. The summed E-state index contributed by atoms with van der Waals surface area (Å²) >= 11 is 0. The Morgan fingerprint density at radius 2 is 2.31 bits per heavy atom. The van der Waals surface area contributed by atoms with Crippen LogP contribution in [0.15, 0.2) is 0 Å². The van der Waals surface area contributed by atoms with Gasteiger partial charge < -0.3 is 15.2 Å². The van der Waals surface area contributed by atoms with Gasteiger partial charge in [0.1, 0.15) is 0 Å². The first kappa shape index (κ1) is 13.9. The Balaban J connectivity index is 2.23. The zero-order valence-corrected chi connectivity index (χ0v) is 10.6. The molecule has 96 valence electrons. The molecular formula is C12H26N2O2. The third kappa shape index (κ3) is 5.25. The Hall–Kier alpha value is -0.160. The zero-order chi connectivity index (χ0) is 11.8. The van der Waals surface area contributed by atoms with Crippen molar-refractivity contribution in [2.45, 2.75) is 38.3 Å². The summed E-state index contributed by atoms with van der Waals surface area (Å²) in [5, 5.41) is 12.9. The second kappa shape index (κ2) is 8.01. The first-order chi connectivity index (χ1) is 7.74. The highest BCUT2D eigenvalue weighted by atomic mass is 16.5. The molecule has 2 N–H and O–H groups in total. The summed E-state index contributed by atoms with van der Waals surface area (Å²) in [6, 6.07) is 0.584. The van der Waals surface area contributed by atoms with Crippen LogP contribution in [-0.2, 0) is 4.74 Å². The maximum Gasteiger partial charge on any atom is 0.0639 e. The summed E-state index contributed by atoms with van der Waals surface area (Å²) in [7, 11) is 1.72. The van der Waals surface area contributed by atoms with Crippen LogP contribution in [-0.4, -0.2) is 62.0 Å². The van der Waals surface area contributed by atoms with Gasteiger partial charge in [0, 0.05) is 32.8 Å². The first-order valence-electron chi connectivity index (χ1n) is 6.35. The lowest BCUT2D eigenvalue weighted by molar-refractivity contribution is 0.0751. The van der Waals surface area contributed by atoms with E-state index >= 15 is 0 Å². The van der Waals surface area contributed by atoms with Gasteiger partial charge in [0.25, 0.3) is 0 Å². The van der Waals surface area contributed by atoms with Gasteiger partial charge in [0.2, 0.25) is 0 Å². The number of aliphatic hydroxyl groups is 1. The van der Waals surface area contributed by atoms with Crippen molar-refractivity contribution in [3.8, 4) is 0 Å². The highest BCUT2D eigenvalue weighted by Gasteiger charge is 2.22. The van der Waals surface area contributed by atoms with E-state index in [1.165, 1.54) is 19.3 Å². The van der Waals surface area contributed by atoms with Crippen LogP contribution < -0.4 is 5.32 Å². The minimum absolute atomic E-state index is 0.223. The fourth-order valence-electron chi connectivity index (χ4n) is 2.31. The van der Waals surface area contributed by atoms with Crippen LogP contribution >= 0.6 is 0 Å². The highest BCUT2D eigenvalue weighted by Crippen LogP contribution is 2.16. The molecule has 0 aliphatic carbocycles. The maximum absolute atomic E-state index is 9.45. The van der Waals surface area contributed by atoms with Crippen LogP contribution in [0, 0.1) is 0 Å². The number of aliphatic hydroxyl groups excluding tert-OH is 1. The van der Waals surface area contributed by atoms with Crippen molar-refractivity contribution in [3.05, 3.63) is 0 Å². The van der Waals surface area contributed by atoms with Gasteiger partial charge in [-0.15, -0.1) is 0 Å². The Bertz CT molecular complexity index is 176. The molecule has 0 radical (unpaired) electrons. The van der Waals surface area contributed by atoms with Crippen LogP contribution in [0.25, 0.3) is 0 Å². The molecule has 1 aliphatic heterocycles. The molecule has 4 heteroatoms. The molecule has 1 fully saturated rings. The maximum atomic E-state index is 9.45. The minimum Gasteiger partial charge on any atom is -0.392 e. The SMILES string of the molecule is COCCNCC1CCCCN1CC(C)O. The number of likely N-dealkylation sites (tertiary alicyclic amines) is 1. The van der Waals surface area contributed by atoms with Crippen molar-refractivity contribution in [2.24, 2.45) is 0 Å². The summed E-state index contributed by atoms with van der Waals surface area (Å²) in [6.07, 6.45) is 3.60. The van der Waals surface area contributed by atoms with E-state index in [0.29, 0.717) is 6.04 Å². The summed E-state index contributed by atoms with van der Waals surface area (Å²) in [5.41, 5.74) is 0. The summed E-state index contributed by atoms with van der Waals surface area (Å²) < 4.78 is 5.01. The zero-order valence-electron chi connectivity index (χ0n) is 10.6. The quantitative estimate of drug-likeness (QED) is 0.624. The van der Waals surface area contributed by atoms with Crippen molar-refractivity contribution in [1.82, 2.24) is 10.2 Å². The molecule has 0 aromatic carbocycles. The van der Waals surface area contributed by atoms with Crippen LogP contribution in [0.5, 0.6) is 0 Å². The fourth-order valence-corrected chi connectivity index (χ4v) is 2.31. The van der Waals surface area contributed by atoms with Gasteiger partial charge >= 0.3 is 0 Å². The highest BCUT2D eigenvalue weighted by molar-refractivity contribution is 4.79. The van der Waals surface area contributed by atoms with E-state index < -0.39 is 0 Å². The van der Waals surface area contributed by atoms with Gasteiger partial charge in [-0.25, -0.2) is 0 Å². The Kier molecular flexibility index (Phi) is 6.96. The molecule has 1 heterocycles.